The van der Waals surface area contributed by atoms with Crippen molar-refractivity contribution in [2.45, 2.75) is 19.4 Å². The molecule has 1 heterocycles. The average Bonchev–Trinajstić information content (AvgIpc) is 2.49. The molecule has 0 aliphatic carbocycles. The van der Waals surface area contributed by atoms with Crippen molar-refractivity contribution in [3.8, 4) is 0 Å². The molecule has 0 aliphatic rings. The van der Waals surface area contributed by atoms with E-state index in [9.17, 15) is 0 Å². The molecular weight excluding hydrogens is 162 g/mol. The molecule has 0 amide bonds. The molecule has 13 heavy (non-hydrogen) atoms. The summed E-state index contributed by atoms with van der Waals surface area (Å²) in [7, 11) is 0. The van der Waals surface area contributed by atoms with E-state index in [-0.39, 0.29) is 6.04 Å². The number of nitrogens with two attached hydrogens (primary N) is 1. The summed E-state index contributed by atoms with van der Waals surface area (Å²) >= 11 is 0. The molecule has 0 unspecified atom stereocenters. The van der Waals surface area contributed by atoms with Crippen molar-refractivity contribution in [1.29, 1.82) is 0 Å². The van der Waals surface area contributed by atoms with Gasteiger partial charge in [-0.2, -0.15) is 5.10 Å². The van der Waals surface area contributed by atoms with Gasteiger partial charge in [0.05, 0.1) is 11.7 Å². The predicted octanol–water partition coefficient (Wildman–Crippen LogP) is 1.45. The first-order valence-electron chi connectivity index (χ1n) is 4.43. The van der Waals surface area contributed by atoms with Crippen LogP contribution in [0.25, 0.3) is 10.9 Å². The van der Waals surface area contributed by atoms with Crippen LogP contribution in [0.4, 0.5) is 0 Å². The van der Waals surface area contributed by atoms with Crippen molar-refractivity contribution in [2.75, 3.05) is 0 Å². The number of hydrogen-bond acceptors (Lipinski definition) is 2. The number of hydrogen-bond donors (Lipinski definition) is 2. The SMILES string of the molecule is C[C@@H](N)Cc1ccc2[nH]ncc2c1. The van der Waals surface area contributed by atoms with Gasteiger partial charge in [-0.1, -0.05) is 6.07 Å². The molecule has 2 aromatic rings. The fraction of sp³-hybridized carbons (Fsp3) is 0.300. The molecule has 1 atom stereocenters. The second-order valence-corrected chi connectivity index (χ2v) is 3.47. The maximum atomic E-state index is 5.72. The van der Waals surface area contributed by atoms with E-state index in [4.69, 9.17) is 5.73 Å². The Morgan fingerprint density at radius 2 is 2.38 bits per heavy atom. The zero-order valence-corrected chi connectivity index (χ0v) is 7.62. The highest BCUT2D eigenvalue weighted by atomic mass is 15.1. The Morgan fingerprint density at radius 3 is 3.15 bits per heavy atom. The molecule has 2 rings (SSSR count). The van der Waals surface area contributed by atoms with Gasteiger partial charge >= 0.3 is 0 Å². The number of aromatic nitrogens is 2. The highest BCUT2D eigenvalue weighted by molar-refractivity contribution is 5.78. The molecule has 3 heteroatoms. The molecule has 3 nitrogen and oxygen atoms in total. The van der Waals surface area contributed by atoms with Crippen LogP contribution >= 0.6 is 0 Å². The van der Waals surface area contributed by atoms with Crippen molar-refractivity contribution in [1.82, 2.24) is 10.2 Å². The van der Waals surface area contributed by atoms with Gasteiger partial charge in [-0.05, 0) is 31.0 Å². The Kier molecular flexibility index (Phi) is 2.02. The van der Waals surface area contributed by atoms with Crippen LogP contribution in [0, 0.1) is 0 Å². The molecule has 0 saturated heterocycles. The Bertz CT molecular complexity index is 403. The van der Waals surface area contributed by atoms with Crippen LogP contribution < -0.4 is 5.73 Å². The Labute approximate surface area is 76.9 Å². The monoisotopic (exact) mass is 175 g/mol. The third-order valence-corrected chi connectivity index (χ3v) is 2.06. The lowest BCUT2D eigenvalue weighted by Crippen LogP contribution is -2.17. The van der Waals surface area contributed by atoms with Crippen LogP contribution in [0.5, 0.6) is 0 Å². The van der Waals surface area contributed by atoms with Crippen molar-refractivity contribution in [3.05, 3.63) is 30.0 Å². The third kappa shape index (κ3) is 1.70. The first kappa shape index (κ1) is 8.26. The lowest BCUT2D eigenvalue weighted by molar-refractivity contribution is 0.739. The Hall–Kier alpha value is -1.35. The minimum atomic E-state index is 0.212. The molecular formula is C10H13N3. The maximum Gasteiger partial charge on any atom is 0.0650 e. The summed E-state index contributed by atoms with van der Waals surface area (Å²) in [5.74, 6) is 0. The van der Waals surface area contributed by atoms with Gasteiger partial charge in [0.2, 0.25) is 0 Å². The summed E-state index contributed by atoms with van der Waals surface area (Å²) in [5, 5.41) is 8.04. The van der Waals surface area contributed by atoms with E-state index in [2.05, 4.69) is 22.3 Å². The van der Waals surface area contributed by atoms with Gasteiger partial charge in [-0.25, -0.2) is 0 Å². The number of rotatable bonds is 2. The molecule has 0 radical (unpaired) electrons. The normalized spacial score (nSPS) is 13.4. The van der Waals surface area contributed by atoms with Gasteiger partial charge in [0.15, 0.2) is 0 Å². The number of benzene rings is 1. The van der Waals surface area contributed by atoms with Crippen LogP contribution in [0.15, 0.2) is 24.4 Å². The minimum Gasteiger partial charge on any atom is -0.328 e. The highest BCUT2D eigenvalue weighted by Crippen LogP contribution is 2.13. The first-order chi connectivity index (χ1) is 6.25. The topological polar surface area (TPSA) is 54.7 Å². The van der Waals surface area contributed by atoms with Crippen molar-refractivity contribution in [2.24, 2.45) is 5.73 Å². The van der Waals surface area contributed by atoms with E-state index < -0.39 is 0 Å². The zero-order chi connectivity index (χ0) is 9.26. The van der Waals surface area contributed by atoms with Gasteiger partial charge in [-0.15, -0.1) is 0 Å². The molecule has 3 N–H and O–H groups in total. The van der Waals surface area contributed by atoms with Crippen molar-refractivity contribution < 1.29 is 0 Å². The lowest BCUT2D eigenvalue weighted by atomic mass is 10.1. The van der Waals surface area contributed by atoms with Gasteiger partial charge in [0.1, 0.15) is 0 Å². The second-order valence-electron chi connectivity index (χ2n) is 3.47. The maximum absolute atomic E-state index is 5.72. The summed E-state index contributed by atoms with van der Waals surface area (Å²) in [6.45, 7) is 2.01. The summed E-state index contributed by atoms with van der Waals surface area (Å²) in [5.41, 5.74) is 8.07. The number of H-pyrrole nitrogens is 1. The van der Waals surface area contributed by atoms with Gasteiger partial charge < -0.3 is 5.73 Å². The molecule has 0 spiro atoms. The Balaban J connectivity index is 2.37. The number of nitrogens with zero attached hydrogens (tertiary/aromatic N) is 1. The predicted molar refractivity (Wildman–Crippen MR) is 53.4 cm³/mol. The van der Waals surface area contributed by atoms with Crippen LogP contribution in [0.3, 0.4) is 0 Å². The molecule has 1 aromatic carbocycles. The summed E-state index contributed by atoms with van der Waals surface area (Å²) in [6, 6.07) is 6.47. The van der Waals surface area contributed by atoms with E-state index in [0.717, 1.165) is 17.3 Å². The minimum absolute atomic E-state index is 0.212. The zero-order valence-electron chi connectivity index (χ0n) is 7.62. The van der Waals surface area contributed by atoms with Gasteiger partial charge in [-0.3, -0.25) is 5.10 Å². The van der Waals surface area contributed by atoms with E-state index in [0.29, 0.717) is 0 Å². The standard InChI is InChI=1S/C10H13N3/c1-7(11)4-8-2-3-10-9(5-8)6-12-13-10/h2-3,5-7H,4,11H2,1H3,(H,12,13)/t7-/m1/s1. The first-order valence-corrected chi connectivity index (χ1v) is 4.43. The number of aromatic amines is 1. The van der Waals surface area contributed by atoms with Crippen molar-refractivity contribution in [3.63, 3.8) is 0 Å². The van der Waals surface area contributed by atoms with Crippen LogP contribution in [0.2, 0.25) is 0 Å². The van der Waals surface area contributed by atoms with Gasteiger partial charge in [0.25, 0.3) is 0 Å². The highest BCUT2D eigenvalue weighted by Gasteiger charge is 2.00. The lowest BCUT2D eigenvalue weighted by Gasteiger charge is -2.04. The van der Waals surface area contributed by atoms with Crippen LogP contribution in [0.1, 0.15) is 12.5 Å². The molecule has 1 aromatic heterocycles. The summed E-state index contributed by atoms with van der Waals surface area (Å²) in [4.78, 5) is 0. The average molecular weight is 175 g/mol. The second kappa shape index (κ2) is 3.18. The molecule has 0 fully saturated rings. The van der Waals surface area contributed by atoms with Gasteiger partial charge in [0, 0.05) is 11.4 Å². The third-order valence-electron chi connectivity index (χ3n) is 2.06. The molecule has 0 saturated carbocycles. The summed E-state index contributed by atoms with van der Waals surface area (Å²) in [6.07, 6.45) is 2.75. The van der Waals surface area contributed by atoms with E-state index in [1.54, 1.807) is 0 Å². The van der Waals surface area contributed by atoms with Crippen LogP contribution in [-0.2, 0) is 6.42 Å². The number of nitrogens with one attached hydrogen (secondary N) is 1. The number of fused-ring (bicyclic) bond motifs is 1. The van der Waals surface area contributed by atoms with Crippen molar-refractivity contribution >= 4 is 10.9 Å². The molecule has 0 aliphatic heterocycles. The van der Waals surface area contributed by atoms with E-state index in [1.807, 2.05) is 19.2 Å². The summed E-state index contributed by atoms with van der Waals surface area (Å²) < 4.78 is 0. The molecule has 0 bridgehead atoms. The quantitative estimate of drug-likeness (QED) is 0.725. The van der Waals surface area contributed by atoms with Crippen LogP contribution in [-0.4, -0.2) is 16.2 Å². The fourth-order valence-corrected chi connectivity index (χ4v) is 1.49. The van der Waals surface area contributed by atoms with E-state index >= 15 is 0 Å². The Morgan fingerprint density at radius 1 is 1.54 bits per heavy atom. The largest absolute Gasteiger partial charge is 0.328 e. The van der Waals surface area contributed by atoms with E-state index in [1.165, 1.54) is 5.56 Å². The molecule has 68 valence electrons. The smallest absolute Gasteiger partial charge is 0.0650 e. The fourth-order valence-electron chi connectivity index (χ4n) is 1.49.